The van der Waals surface area contributed by atoms with E-state index in [1.165, 1.54) is 6.92 Å². The number of rotatable bonds is 3. The van der Waals surface area contributed by atoms with Gasteiger partial charge in [-0.2, -0.15) is 13.2 Å². The number of hydrogen-bond acceptors (Lipinski definition) is 4. The van der Waals surface area contributed by atoms with E-state index in [0.717, 1.165) is 0 Å². The Morgan fingerprint density at radius 2 is 1.94 bits per heavy atom. The number of carbonyl (C=O) groups excluding carboxylic acids is 1. The maximum absolute atomic E-state index is 12.0. The van der Waals surface area contributed by atoms with Crippen molar-refractivity contribution in [2.24, 2.45) is 0 Å². The van der Waals surface area contributed by atoms with Crippen molar-refractivity contribution >= 4 is 5.91 Å². The summed E-state index contributed by atoms with van der Waals surface area (Å²) in [5, 5.41) is 10.9. The number of hydrogen-bond donors (Lipinski definition) is 2. The monoisotopic (exact) mass is 243 g/mol. The molecule has 2 N–H and O–H groups in total. The first-order valence-electron chi connectivity index (χ1n) is 4.61. The van der Waals surface area contributed by atoms with Crippen LogP contribution in [0.15, 0.2) is 0 Å². The van der Waals surface area contributed by atoms with Crippen LogP contribution in [-0.2, 0) is 14.3 Å². The predicted octanol–water partition coefficient (Wildman–Crippen LogP) is -0.213. The summed E-state index contributed by atoms with van der Waals surface area (Å²) in [4.78, 5) is 10.7. The van der Waals surface area contributed by atoms with Crippen molar-refractivity contribution < 1.29 is 32.5 Å². The molecule has 94 valence electrons. The van der Waals surface area contributed by atoms with E-state index in [2.05, 4.69) is 0 Å². The third kappa shape index (κ3) is 3.32. The zero-order valence-electron chi connectivity index (χ0n) is 8.45. The Labute approximate surface area is 89.5 Å². The van der Waals surface area contributed by atoms with Crippen molar-refractivity contribution in [2.75, 3.05) is 13.2 Å². The standard InChI is InChI=1S/C8H12F3NO4/c1-4(13)5(6-15-2-3-16-6)12-7(14)8(9,10)11/h4-6,13H,2-3H2,1H3,(H,12,14)/t4?,5-/m0/s1. The lowest BCUT2D eigenvalue weighted by molar-refractivity contribution is -0.179. The average molecular weight is 243 g/mol. The number of aliphatic hydroxyl groups excluding tert-OH is 1. The number of carbonyl (C=O) groups is 1. The summed E-state index contributed by atoms with van der Waals surface area (Å²) >= 11 is 0. The minimum Gasteiger partial charge on any atom is -0.391 e. The predicted molar refractivity (Wildman–Crippen MR) is 45.4 cm³/mol. The second-order valence-electron chi connectivity index (χ2n) is 3.35. The second-order valence-corrected chi connectivity index (χ2v) is 3.35. The Balaban J connectivity index is 2.61. The van der Waals surface area contributed by atoms with Gasteiger partial charge in [0, 0.05) is 0 Å². The summed E-state index contributed by atoms with van der Waals surface area (Å²) in [6.07, 6.45) is -7.26. The van der Waals surface area contributed by atoms with Gasteiger partial charge in [-0.25, -0.2) is 0 Å². The van der Waals surface area contributed by atoms with Gasteiger partial charge in [0.15, 0.2) is 6.29 Å². The minimum absolute atomic E-state index is 0.218. The molecule has 0 aromatic carbocycles. The van der Waals surface area contributed by atoms with Gasteiger partial charge in [-0.3, -0.25) is 4.79 Å². The number of aliphatic hydroxyl groups is 1. The molecule has 1 amide bonds. The molecule has 1 fully saturated rings. The quantitative estimate of drug-likeness (QED) is 0.719. The first-order chi connectivity index (χ1) is 7.32. The van der Waals surface area contributed by atoms with Gasteiger partial charge in [0.25, 0.3) is 0 Å². The topological polar surface area (TPSA) is 67.8 Å². The molecule has 0 bridgehead atoms. The third-order valence-electron chi connectivity index (χ3n) is 2.02. The Hall–Kier alpha value is -0.860. The van der Waals surface area contributed by atoms with Gasteiger partial charge in [-0.05, 0) is 6.92 Å². The molecule has 0 aliphatic carbocycles. The van der Waals surface area contributed by atoms with Crippen molar-refractivity contribution in [3.63, 3.8) is 0 Å². The van der Waals surface area contributed by atoms with Crippen LogP contribution in [0.5, 0.6) is 0 Å². The van der Waals surface area contributed by atoms with E-state index >= 15 is 0 Å². The van der Waals surface area contributed by atoms with E-state index in [0.29, 0.717) is 0 Å². The Morgan fingerprint density at radius 3 is 2.31 bits per heavy atom. The van der Waals surface area contributed by atoms with Crippen molar-refractivity contribution in [2.45, 2.75) is 31.5 Å². The lowest BCUT2D eigenvalue weighted by atomic mass is 10.1. The number of halogens is 3. The van der Waals surface area contributed by atoms with Gasteiger partial charge in [-0.1, -0.05) is 0 Å². The fourth-order valence-corrected chi connectivity index (χ4v) is 1.23. The van der Waals surface area contributed by atoms with Crippen LogP contribution >= 0.6 is 0 Å². The molecule has 1 aliphatic heterocycles. The molecule has 1 heterocycles. The lowest BCUT2D eigenvalue weighted by Gasteiger charge is -2.26. The zero-order chi connectivity index (χ0) is 12.3. The van der Waals surface area contributed by atoms with Crippen LogP contribution in [-0.4, -0.2) is 48.8 Å². The highest BCUT2D eigenvalue weighted by Crippen LogP contribution is 2.17. The van der Waals surface area contributed by atoms with Gasteiger partial charge >= 0.3 is 12.1 Å². The summed E-state index contributed by atoms with van der Waals surface area (Å²) in [5.74, 6) is -2.13. The Kier molecular flexibility index (Phi) is 4.11. The second kappa shape index (κ2) is 4.98. The average Bonchev–Trinajstić information content (AvgIpc) is 2.63. The first kappa shape index (κ1) is 13.2. The fourth-order valence-electron chi connectivity index (χ4n) is 1.23. The molecule has 0 aromatic heterocycles. The maximum Gasteiger partial charge on any atom is 0.471 e. The van der Waals surface area contributed by atoms with Crippen LogP contribution in [0.4, 0.5) is 13.2 Å². The van der Waals surface area contributed by atoms with E-state index in [4.69, 9.17) is 9.47 Å². The molecule has 1 unspecified atom stereocenters. The number of nitrogens with one attached hydrogen (secondary N) is 1. The van der Waals surface area contributed by atoms with E-state index in [1.54, 1.807) is 5.32 Å². The number of amides is 1. The van der Waals surface area contributed by atoms with E-state index < -0.39 is 30.5 Å². The van der Waals surface area contributed by atoms with Crippen LogP contribution in [0.2, 0.25) is 0 Å². The highest BCUT2D eigenvalue weighted by Gasteiger charge is 2.42. The lowest BCUT2D eigenvalue weighted by Crippen LogP contribution is -2.53. The normalized spacial score (nSPS) is 21.8. The van der Waals surface area contributed by atoms with Crippen molar-refractivity contribution in [3.05, 3.63) is 0 Å². The molecular formula is C8H12F3NO4. The Morgan fingerprint density at radius 1 is 1.44 bits per heavy atom. The number of alkyl halides is 3. The molecule has 5 nitrogen and oxygen atoms in total. The van der Waals surface area contributed by atoms with Crippen LogP contribution in [0.3, 0.4) is 0 Å². The SMILES string of the molecule is CC(O)[C@H](NC(=O)C(F)(F)F)C1OCCO1. The zero-order valence-corrected chi connectivity index (χ0v) is 8.45. The molecule has 0 saturated carbocycles. The molecule has 1 rings (SSSR count). The molecule has 16 heavy (non-hydrogen) atoms. The molecule has 2 atom stereocenters. The fraction of sp³-hybridized carbons (Fsp3) is 0.875. The molecule has 1 saturated heterocycles. The highest BCUT2D eigenvalue weighted by molar-refractivity contribution is 5.82. The smallest absolute Gasteiger partial charge is 0.391 e. The van der Waals surface area contributed by atoms with Gasteiger partial charge in [-0.15, -0.1) is 0 Å². The summed E-state index contributed by atoms with van der Waals surface area (Å²) < 4.78 is 45.8. The molecule has 0 radical (unpaired) electrons. The summed E-state index contributed by atoms with van der Waals surface area (Å²) in [6, 6.07) is -1.24. The van der Waals surface area contributed by atoms with E-state index in [1.807, 2.05) is 0 Å². The molecule has 0 aromatic rings. The molecule has 8 heteroatoms. The third-order valence-corrected chi connectivity index (χ3v) is 2.02. The van der Waals surface area contributed by atoms with Crippen LogP contribution in [0.25, 0.3) is 0 Å². The van der Waals surface area contributed by atoms with Crippen molar-refractivity contribution in [1.82, 2.24) is 5.32 Å². The molecule has 1 aliphatic rings. The number of ether oxygens (including phenoxy) is 2. The van der Waals surface area contributed by atoms with Crippen LogP contribution in [0, 0.1) is 0 Å². The molecular weight excluding hydrogens is 231 g/mol. The van der Waals surface area contributed by atoms with E-state index in [-0.39, 0.29) is 13.2 Å². The van der Waals surface area contributed by atoms with Gasteiger partial charge in [0.2, 0.25) is 0 Å². The largest absolute Gasteiger partial charge is 0.471 e. The van der Waals surface area contributed by atoms with Gasteiger partial charge in [0.1, 0.15) is 6.04 Å². The summed E-state index contributed by atoms with van der Waals surface area (Å²) in [6.45, 7) is 1.68. The van der Waals surface area contributed by atoms with Gasteiger partial charge in [0.05, 0.1) is 19.3 Å². The van der Waals surface area contributed by atoms with Crippen LogP contribution in [0.1, 0.15) is 6.92 Å². The summed E-state index contributed by atoms with van der Waals surface area (Å²) in [5.41, 5.74) is 0. The van der Waals surface area contributed by atoms with E-state index in [9.17, 15) is 23.1 Å². The summed E-state index contributed by atoms with van der Waals surface area (Å²) in [7, 11) is 0. The first-order valence-corrected chi connectivity index (χ1v) is 4.61. The maximum atomic E-state index is 12.0. The molecule has 0 spiro atoms. The van der Waals surface area contributed by atoms with Crippen LogP contribution < -0.4 is 5.32 Å². The highest BCUT2D eigenvalue weighted by atomic mass is 19.4. The van der Waals surface area contributed by atoms with Crippen molar-refractivity contribution in [1.29, 1.82) is 0 Å². The van der Waals surface area contributed by atoms with Crippen molar-refractivity contribution in [3.8, 4) is 0 Å². The van der Waals surface area contributed by atoms with Gasteiger partial charge < -0.3 is 19.9 Å². The Bertz CT molecular complexity index is 250. The minimum atomic E-state index is -4.99.